The van der Waals surface area contributed by atoms with Gasteiger partial charge < -0.3 is 20.1 Å². The monoisotopic (exact) mass is 331 g/mol. The van der Waals surface area contributed by atoms with Crippen molar-refractivity contribution in [2.75, 3.05) is 26.9 Å². The van der Waals surface area contributed by atoms with E-state index >= 15 is 0 Å². The van der Waals surface area contributed by atoms with E-state index in [1.54, 1.807) is 7.11 Å². The van der Waals surface area contributed by atoms with Crippen LogP contribution in [0, 0.1) is 0 Å². The van der Waals surface area contributed by atoms with Crippen LogP contribution in [0.25, 0.3) is 0 Å². The zero-order chi connectivity index (χ0) is 17.4. The lowest BCUT2D eigenvalue weighted by Crippen LogP contribution is -2.56. The second-order valence-corrected chi connectivity index (χ2v) is 5.91. The molecule has 24 heavy (non-hydrogen) atoms. The first kappa shape index (κ1) is 18.4. The topological polar surface area (TPSA) is 82.0 Å². The first-order chi connectivity index (χ1) is 11.7. The number of aliphatic hydroxyl groups is 3. The molecule has 0 aliphatic heterocycles. The Morgan fingerprint density at radius 3 is 2.00 bits per heavy atom. The van der Waals surface area contributed by atoms with E-state index < -0.39 is 5.54 Å². The molecular formula is C19H25NO4. The SMILES string of the molecule is COc1ccc([C@@H](Cc2ccccc2)NC(CO)(CO)CO)cc1. The third-order valence-electron chi connectivity index (χ3n) is 4.19. The van der Waals surface area contributed by atoms with Gasteiger partial charge in [0.2, 0.25) is 0 Å². The van der Waals surface area contributed by atoms with Crippen LogP contribution in [0.3, 0.4) is 0 Å². The molecule has 0 spiro atoms. The molecule has 0 unspecified atom stereocenters. The number of methoxy groups -OCH3 is 1. The summed E-state index contributed by atoms with van der Waals surface area (Å²) in [6, 6.07) is 17.4. The minimum Gasteiger partial charge on any atom is -0.497 e. The maximum atomic E-state index is 9.62. The third kappa shape index (κ3) is 4.55. The molecule has 4 N–H and O–H groups in total. The predicted molar refractivity (Wildman–Crippen MR) is 93.0 cm³/mol. The standard InChI is InChI=1S/C19H25NO4/c1-24-17-9-7-16(8-10-17)18(11-15-5-3-2-4-6-15)20-19(12-21,13-22)14-23/h2-10,18,20-23H,11-14H2,1H3/t18-/m1/s1. The van der Waals surface area contributed by atoms with Crippen LogP contribution >= 0.6 is 0 Å². The summed E-state index contributed by atoms with van der Waals surface area (Å²) in [6.07, 6.45) is 0.662. The summed E-state index contributed by atoms with van der Waals surface area (Å²) in [4.78, 5) is 0. The molecule has 2 aromatic rings. The highest BCUT2D eigenvalue weighted by atomic mass is 16.5. The van der Waals surface area contributed by atoms with E-state index in [2.05, 4.69) is 5.32 Å². The molecule has 0 aliphatic rings. The lowest BCUT2D eigenvalue weighted by atomic mass is 9.94. The van der Waals surface area contributed by atoms with Gasteiger partial charge in [-0.05, 0) is 29.7 Å². The van der Waals surface area contributed by atoms with Gasteiger partial charge in [-0.25, -0.2) is 0 Å². The molecule has 0 aromatic heterocycles. The number of benzene rings is 2. The quantitative estimate of drug-likeness (QED) is 0.557. The fraction of sp³-hybridized carbons (Fsp3) is 0.368. The summed E-state index contributed by atoms with van der Waals surface area (Å²) in [5.41, 5.74) is 0.965. The number of rotatable bonds is 9. The summed E-state index contributed by atoms with van der Waals surface area (Å²) in [5, 5.41) is 32.1. The Morgan fingerprint density at radius 1 is 0.917 bits per heavy atom. The molecule has 2 aromatic carbocycles. The minimum atomic E-state index is -1.14. The molecule has 2 rings (SSSR count). The highest BCUT2D eigenvalue weighted by Gasteiger charge is 2.31. The largest absolute Gasteiger partial charge is 0.497 e. The third-order valence-corrected chi connectivity index (χ3v) is 4.19. The highest BCUT2D eigenvalue weighted by molar-refractivity contribution is 5.31. The van der Waals surface area contributed by atoms with Gasteiger partial charge >= 0.3 is 0 Å². The van der Waals surface area contributed by atoms with Crippen molar-refractivity contribution < 1.29 is 20.1 Å². The lowest BCUT2D eigenvalue weighted by Gasteiger charge is -2.34. The van der Waals surface area contributed by atoms with Gasteiger partial charge in [-0.3, -0.25) is 5.32 Å². The Labute approximate surface area is 142 Å². The molecule has 0 saturated carbocycles. The fourth-order valence-electron chi connectivity index (χ4n) is 2.59. The van der Waals surface area contributed by atoms with E-state index in [0.717, 1.165) is 16.9 Å². The first-order valence-electron chi connectivity index (χ1n) is 7.94. The Balaban J connectivity index is 2.29. The van der Waals surface area contributed by atoms with Crippen LogP contribution in [0.2, 0.25) is 0 Å². The highest BCUT2D eigenvalue weighted by Crippen LogP contribution is 2.24. The molecule has 0 amide bonds. The average Bonchev–Trinajstić information content (AvgIpc) is 2.66. The number of hydrogen-bond donors (Lipinski definition) is 4. The summed E-state index contributed by atoms with van der Waals surface area (Å²) < 4.78 is 5.19. The van der Waals surface area contributed by atoms with Crippen LogP contribution in [0.4, 0.5) is 0 Å². The van der Waals surface area contributed by atoms with Gasteiger partial charge in [-0.15, -0.1) is 0 Å². The molecule has 5 heteroatoms. The molecule has 0 bridgehead atoms. The number of ether oxygens (including phenoxy) is 1. The molecule has 0 fully saturated rings. The van der Waals surface area contributed by atoms with E-state index in [9.17, 15) is 15.3 Å². The number of aliphatic hydroxyl groups excluding tert-OH is 3. The van der Waals surface area contributed by atoms with Gasteiger partial charge in [0.05, 0.1) is 32.5 Å². The smallest absolute Gasteiger partial charge is 0.118 e. The maximum Gasteiger partial charge on any atom is 0.118 e. The van der Waals surface area contributed by atoms with E-state index in [1.807, 2.05) is 54.6 Å². The van der Waals surface area contributed by atoms with Crippen LogP contribution in [0.5, 0.6) is 5.75 Å². The normalized spacial score (nSPS) is 12.8. The average molecular weight is 331 g/mol. The maximum absolute atomic E-state index is 9.62. The van der Waals surface area contributed by atoms with Crippen LogP contribution < -0.4 is 10.1 Å². The Morgan fingerprint density at radius 2 is 1.50 bits per heavy atom. The molecule has 0 saturated heterocycles. The van der Waals surface area contributed by atoms with Crippen molar-refractivity contribution in [2.24, 2.45) is 0 Å². The van der Waals surface area contributed by atoms with E-state index in [1.165, 1.54) is 0 Å². The number of nitrogens with one attached hydrogen (secondary N) is 1. The predicted octanol–water partition coefficient (Wildman–Crippen LogP) is 1.28. The van der Waals surface area contributed by atoms with Gasteiger partial charge in [0.15, 0.2) is 0 Å². The molecule has 0 aliphatic carbocycles. The van der Waals surface area contributed by atoms with E-state index in [0.29, 0.717) is 6.42 Å². The van der Waals surface area contributed by atoms with Gasteiger partial charge in [0, 0.05) is 6.04 Å². The van der Waals surface area contributed by atoms with Crippen LogP contribution in [0.15, 0.2) is 54.6 Å². The van der Waals surface area contributed by atoms with Gasteiger partial charge in [0.1, 0.15) is 5.75 Å². The zero-order valence-electron chi connectivity index (χ0n) is 13.9. The van der Waals surface area contributed by atoms with Crippen molar-refractivity contribution >= 4 is 0 Å². The summed E-state index contributed by atoms with van der Waals surface area (Å²) >= 11 is 0. The number of hydrogen-bond acceptors (Lipinski definition) is 5. The molecule has 1 atom stereocenters. The molecular weight excluding hydrogens is 306 g/mol. The van der Waals surface area contributed by atoms with E-state index in [-0.39, 0.29) is 25.9 Å². The second kappa shape index (κ2) is 8.80. The molecule has 130 valence electrons. The molecule has 5 nitrogen and oxygen atoms in total. The van der Waals surface area contributed by atoms with E-state index in [4.69, 9.17) is 4.74 Å². The second-order valence-electron chi connectivity index (χ2n) is 5.91. The summed E-state index contributed by atoms with van der Waals surface area (Å²) in [7, 11) is 1.61. The van der Waals surface area contributed by atoms with Crippen molar-refractivity contribution in [3.63, 3.8) is 0 Å². The fourth-order valence-corrected chi connectivity index (χ4v) is 2.59. The van der Waals surface area contributed by atoms with Crippen molar-refractivity contribution in [2.45, 2.75) is 18.0 Å². The van der Waals surface area contributed by atoms with Crippen LogP contribution in [-0.2, 0) is 6.42 Å². The molecule has 0 heterocycles. The van der Waals surface area contributed by atoms with Gasteiger partial charge in [-0.2, -0.15) is 0 Å². The van der Waals surface area contributed by atoms with Crippen LogP contribution in [0.1, 0.15) is 17.2 Å². The van der Waals surface area contributed by atoms with Crippen LogP contribution in [-0.4, -0.2) is 47.8 Å². The molecule has 0 radical (unpaired) electrons. The lowest BCUT2D eigenvalue weighted by molar-refractivity contribution is 0.0339. The van der Waals surface area contributed by atoms with Crippen molar-refractivity contribution in [3.8, 4) is 5.75 Å². The van der Waals surface area contributed by atoms with Gasteiger partial charge in [0.25, 0.3) is 0 Å². The first-order valence-corrected chi connectivity index (χ1v) is 7.94. The summed E-state index contributed by atoms with van der Waals surface area (Å²) in [5.74, 6) is 0.759. The Bertz CT molecular complexity index is 588. The summed E-state index contributed by atoms with van der Waals surface area (Å²) in [6.45, 7) is -1.08. The van der Waals surface area contributed by atoms with Crippen molar-refractivity contribution in [3.05, 3.63) is 65.7 Å². The Kier molecular flexibility index (Phi) is 6.75. The van der Waals surface area contributed by atoms with Crippen molar-refractivity contribution in [1.82, 2.24) is 5.32 Å². The Hall–Kier alpha value is -1.92. The van der Waals surface area contributed by atoms with Gasteiger partial charge in [-0.1, -0.05) is 42.5 Å². The zero-order valence-corrected chi connectivity index (χ0v) is 13.9. The van der Waals surface area contributed by atoms with Crippen molar-refractivity contribution in [1.29, 1.82) is 0 Å². The minimum absolute atomic E-state index is 0.176.